The average molecular weight is 220 g/mol. The maximum absolute atomic E-state index is 11.0. The number of benzene rings is 1. The number of nitro groups is 1. The van der Waals surface area contributed by atoms with Crippen LogP contribution in [0.3, 0.4) is 0 Å². The van der Waals surface area contributed by atoms with Crippen LogP contribution in [0.5, 0.6) is 0 Å². The fraction of sp³-hybridized carbons (Fsp3) is 0.364. The van der Waals surface area contributed by atoms with Gasteiger partial charge in [-0.1, -0.05) is 12.1 Å². The lowest BCUT2D eigenvalue weighted by atomic mass is 9.91. The van der Waals surface area contributed by atoms with E-state index in [-0.39, 0.29) is 17.5 Å². The maximum atomic E-state index is 11.0. The van der Waals surface area contributed by atoms with Gasteiger partial charge >= 0.3 is 0 Å². The van der Waals surface area contributed by atoms with E-state index in [4.69, 9.17) is 0 Å². The molecular weight excluding hydrogens is 208 g/mol. The first-order valence-electron chi connectivity index (χ1n) is 5.08. The molecule has 0 saturated carbocycles. The second-order valence-corrected chi connectivity index (χ2v) is 3.97. The third kappa shape index (κ3) is 1.88. The Morgan fingerprint density at radius 3 is 2.75 bits per heavy atom. The molecule has 1 heterocycles. The van der Waals surface area contributed by atoms with E-state index < -0.39 is 4.92 Å². The van der Waals surface area contributed by atoms with Gasteiger partial charge < -0.3 is 4.90 Å². The van der Waals surface area contributed by atoms with E-state index in [2.05, 4.69) is 0 Å². The number of hydrogen-bond donors (Lipinski definition) is 0. The molecule has 0 aliphatic carbocycles. The second kappa shape index (κ2) is 3.92. The first-order valence-corrected chi connectivity index (χ1v) is 5.08. The molecule has 0 N–H and O–H groups in total. The minimum absolute atomic E-state index is 0.0571. The van der Waals surface area contributed by atoms with E-state index >= 15 is 0 Å². The van der Waals surface area contributed by atoms with Crippen LogP contribution in [0, 0.1) is 10.1 Å². The monoisotopic (exact) mass is 220 g/mol. The molecule has 1 aliphatic rings. The third-order valence-corrected chi connectivity index (χ3v) is 2.88. The standard InChI is InChI=1S/C11H12N2O3/c1-8(14)12-6-10(7-12)9-3-2-4-11(5-9)13(15)16/h2-5,10H,6-7H2,1H3. The fourth-order valence-corrected chi connectivity index (χ4v) is 1.84. The Balaban J connectivity index is 2.09. The normalized spacial score (nSPS) is 15.7. The van der Waals surface area contributed by atoms with Gasteiger partial charge in [0.05, 0.1) is 4.92 Å². The highest BCUT2D eigenvalue weighted by atomic mass is 16.6. The first kappa shape index (κ1) is 10.6. The molecule has 2 rings (SSSR count). The number of carbonyl (C=O) groups is 1. The number of nitro benzene ring substituents is 1. The Morgan fingerprint density at radius 1 is 1.50 bits per heavy atom. The fourth-order valence-electron chi connectivity index (χ4n) is 1.84. The number of non-ortho nitro benzene ring substituents is 1. The Kier molecular flexibility index (Phi) is 2.60. The van der Waals surface area contributed by atoms with Gasteiger partial charge in [0.2, 0.25) is 5.91 Å². The zero-order chi connectivity index (χ0) is 11.7. The van der Waals surface area contributed by atoms with Crippen molar-refractivity contribution in [3.63, 3.8) is 0 Å². The van der Waals surface area contributed by atoms with Crippen LogP contribution in [0.25, 0.3) is 0 Å². The number of nitrogens with zero attached hydrogens (tertiary/aromatic N) is 2. The lowest BCUT2D eigenvalue weighted by molar-refractivity contribution is -0.384. The summed E-state index contributed by atoms with van der Waals surface area (Å²) in [6, 6.07) is 6.62. The number of rotatable bonds is 2. The minimum Gasteiger partial charge on any atom is -0.342 e. The highest BCUT2D eigenvalue weighted by Gasteiger charge is 2.30. The smallest absolute Gasteiger partial charge is 0.269 e. The SMILES string of the molecule is CC(=O)N1CC(c2cccc([N+](=O)[O-])c2)C1. The highest BCUT2D eigenvalue weighted by Crippen LogP contribution is 2.28. The molecule has 1 fully saturated rings. The maximum Gasteiger partial charge on any atom is 0.269 e. The number of carbonyl (C=O) groups excluding carboxylic acids is 1. The molecule has 1 aromatic carbocycles. The van der Waals surface area contributed by atoms with Crippen molar-refractivity contribution in [2.75, 3.05) is 13.1 Å². The number of likely N-dealkylation sites (tertiary alicyclic amines) is 1. The zero-order valence-corrected chi connectivity index (χ0v) is 8.92. The molecule has 0 aromatic heterocycles. The topological polar surface area (TPSA) is 63.5 Å². The van der Waals surface area contributed by atoms with E-state index in [1.807, 2.05) is 6.07 Å². The van der Waals surface area contributed by atoms with Gasteiger partial charge in [-0.15, -0.1) is 0 Å². The average Bonchev–Trinajstić information content (AvgIpc) is 2.15. The van der Waals surface area contributed by atoms with E-state index in [0.29, 0.717) is 13.1 Å². The molecule has 84 valence electrons. The molecule has 0 unspecified atom stereocenters. The van der Waals surface area contributed by atoms with Gasteiger partial charge in [-0.05, 0) is 5.56 Å². The zero-order valence-electron chi connectivity index (χ0n) is 8.92. The summed E-state index contributed by atoms with van der Waals surface area (Å²) >= 11 is 0. The van der Waals surface area contributed by atoms with Crippen LogP contribution in [0.2, 0.25) is 0 Å². The van der Waals surface area contributed by atoms with Crippen molar-refractivity contribution in [2.24, 2.45) is 0 Å². The van der Waals surface area contributed by atoms with Crippen LogP contribution in [-0.2, 0) is 4.79 Å². The van der Waals surface area contributed by atoms with E-state index in [1.54, 1.807) is 17.0 Å². The van der Waals surface area contributed by atoms with Crippen molar-refractivity contribution in [2.45, 2.75) is 12.8 Å². The van der Waals surface area contributed by atoms with Crippen molar-refractivity contribution in [1.82, 2.24) is 4.90 Å². The summed E-state index contributed by atoms with van der Waals surface area (Å²) < 4.78 is 0. The first-order chi connectivity index (χ1) is 7.58. The van der Waals surface area contributed by atoms with E-state index in [9.17, 15) is 14.9 Å². The van der Waals surface area contributed by atoms with Crippen molar-refractivity contribution in [3.05, 3.63) is 39.9 Å². The Bertz CT molecular complexity index is 439. The van der Waals surface area contributed by atoms with Gasteiger partial charge in [-0.3, -0.25) is 14.9 Å². The van der Waals surface area contributed by atoms with Crippen molar-refractivity contribution in [1.29, 1.82) is 0 Å². The van der Waals surface area contributed by atoms with Crippen LogP contribution in [0.15, 0.2) is 24.3 Å². The van der Waals surface area contributed by atoms with Crippen molar-refractivity contribution >= 4 is 11.6 Å². The summed E-state index contributed by atoms with van der Waals surface area (Å²) in [6.07, 6.45) is 0. The van der Waals surface area contributed by atoms with E-state index in [0.717, 1.165) is 5.56 Å². The van der Waals surface area contributed by atoms with Crippen LogP contribution in [0.1, 0.15) is 18.4 Å². The quantitative estimate of drug-likeness (QED) is 0.561. The van der Waals surface area contributed by atoms with Crippen LogP contribution >= 0.6 is 0 Å². The van der Waals surface area contributed by atoms with Crippen molar-refractivity contribution in [3.8, 4) is 0 Å². The Labute approximate surface area is 92.8 Å². The van der Waals surface area contributed by atoms with Crippen LogP contribution < -0.4 is 0 Å². The van der Waals surface area contributed by atoms with E-state index in [1.165, 1.54) is 13.0 Å². The molecule has 5 heteroatoms. The summed E-state index contributed by atoms with van der Waals surface area (Å²) in [5, 5.41) is 10.6. The number of amides is 1. The number of hydrogen-bond acceptors (Lipinski definition) is 3. The molecule has 5 nitrogen and oxygen atoms in total. The molecule has 0 radical (unpaired) electrons. The summed E-state index contributed by atoms with van der Waals surface area (Å²) in [7, 11) is 0. The molecule has 1 amide bonds. The predicted octanol–water partition coefficient (Wildman–Crippen LogP) is 1.54. The molecule has 1 aromatic rings. The van der Waals surface area contributed by atoms with Gasteiger partial charge in [-0.25, -0.2) is 0 Å². The molecule has 0 bridgehead atoms. The molecule has 16 heavy (non-hydrogen) atoms. The minimum atomic E-state index is -0.398. The molecule has 1 saturated heterocycles. The second-order valence-electron chi connectivity index (χ2n) is 3.97. The summed E-state index contributed by atoms with van der Waals surface area (Å²) in [5.74, 6) is 0.297. The Hall–Kier alpha value is -1.91. The molecule has 1 aliphatic heterocycles. The predicted molar refractivity (Wildman–Crippen MR) is 58.1 cm³/mol. The van der Waals surface area contributed by atoms with Crippen LogP contribution in [0.4, 0.5) is 5.69 Å². The highest BCUT2D eigenvalue weighted by molar-refractivity contribution is 5.74. The van der Waals surface area contributed by atoms with Gasteiger partial charge in [0.1, 0.15) is 0 Å². The van der Waals surface area contributed by atoms with Gasteiger partial charge in [0.15, 0.2) is 0 Å². The third-order valence-electron chi connectivity index (χ3n) is 2.88. The molecular formula is C11H12N2O3. The molecule has 0 spiro atoms. The molecule has 0 atom stereocenters. The largest absolute Gasteiger partial charge is 0.342 e. The van der Waals surface area contributed by atoms with Crippen molar-refractivity contribution < 1.29 is 9.72 Å². The summed E-state index contributed by atoms with van der Waals surface area (Å²) in [4.78, 5) is 22.9. The van der Waals surface area contributed by atoms with Gasteiger partial charge in [-0.2, -0.15) is 0 Å². The summed E-state index contributed by atoms with van der Waals surface area (Å²) in [5.41, 5.74) is 1.05. The van der Waals surface area contributed by atoms with Crippen LogP contribution in [-0.4, -0.2) is 28.8 Å². The van der Waals surface area contributed by atoms with Gasteiger partial charge in [0.25, 0.3) is 5.69 Å². The van der Waals surface area contributed by atoms with Gasteiger partial charge in [0, 0.05) is 38.1 Å². The lowest BCUT2D eigenvalue weighted by Gasteiger charge is -2.38. The summed E-state index contributed by atoms with van der Waals surface area (Å²) in [6.45, 7) is 2.86. The lowest BCUT2D eigenvalue weighted by Crippen LogP contribution is -2.47. The Morgan fingerprint density at radius 2 is 2.19 bits per heavy atom.